The largest absolute Gasteiger partial charge is 0.496 e. The number of methoxy groups -OCH3 is 1. The summed E-state index contributed by atoms with van der Waals surface area (Å²) in [6.07, 6.45) is 4.21. The topological polar surface area (TPSA) is 42.4 Å². The maximum Gasteiger partial charge on any atom is 0.122 e. The van der Waals surface area contributed by atoms with E-state index in [0.717, 1.165) is 21.3 Å². The molecule has 0 saturated carbocycles. The maximum atomic E-state index is 10.2. The molecule has 0 aliphatic carbocycles. The molecule has 1 atom stereocenters. The molecule has 0 saturated heterocycles. The number of nitrogens with zero attached hydrogens (tertiary/aromatic N) is 1. The third-order valence-corrected chi connectivity index (χ3v) is 3.41. The number of benzene rings is 1. The molecule has 0 aliphatic rings. The second-order valence-corrected chi connectivity index (χ2v) is 5.29. The molecule has 1 aromatic heterocycles. The number of aromatic nitrogens is 1. The summed E-state index contributed by atoms with van der Waals surface area (Å²) >= 11 is 3.44. The van der Waals surface area contributed by atoms with E-state index < -0.39 is 6.10 Å². The quantitative estimate of drug-likeness (QED) is 0.920. The fourth-order valence-corrected chi connectivity index (χ4v) is 2.43. The Hall–Kier alpha value is -1.39. The summed E-state index contributed by atoms with van der Waals surface area (Å²) in [7, 11) is 1.64. The molecule has 1 heterocycles. The Morgan fingerprint density at radius 2 is 1.95 bits per heavy atom. The van der Waals surface area contributed by atoms with Crippen LogP contribution in [0, 0.1) is 0 Å². The Kier molecular flexibility index (Phi) is 4.93. The van der Waals surface area contributed by atoms with Crippen LogP contribution in [-0.4, -0.2) is 23.3 Å². The van der Waals surface area contributed by atoms with Gasteiger partial charge in [-0.15, -0.1) is 0 Å². The second kappa shape index (κ2) is 6.68. The van der Waals surface area contributed by atoms with Crippen molar-refractivity contribution < 1.29 is 9.84 Å². The number of hydrogen-bond donors (Lipinski definition) is 1. The Bertz CT molecular complexity index is 531. The van der Waals surface area contributed by atoms with Gasteiger partial charge >= 0.3 is 0 Å². The second-order valence-electron chi connectivity index (χ2n) is 4.37. The highest BCUT2D eigenvalue weighted by molar-refractivity contribution is 9.10. The Morgan fingerprint density at radius 1 is 1.21 bits per heavy atom. The van der Waals surface area contributed by atoms with Crippen LogP contribution in [0.25, 0.3) is 0 Å². The number of hydrogen-bond acceptors (Lipinski definition) is 3. The first kappa shape index (κ1) is 14.0. The van der Waals surface area contributed by atoms with Crippen molar-refractivity contribution in [2.45, 2.75) is 18.9 Å². The smallest absolute Gasteiger partial charge is 0.122 e. The molecule has 2 rings (SSSR count). The number of ether oxygens (including phenoxy) is 1. The number of aliphatic hydroxyl groups excluding tert-OH is 1. The van der Waals surface area contributed by atoms with Crippen LogP contribution in [0.1, 0.15) is 11.1 Å². The van der Waals surface area contributed by atoms with Crippen LogP contribution in [0.4, 0.5) is 0 Å². The Morgan fingerprint density at radius 3 is 2.63 bits per heavy atom. The van der Waals surface area contributed by atoms with E-state index >= 15 is 0 Å². The molecule has 2 aromatic rings. The van der Waals surface area contributed by atoms with Crippen molar-refractivity contribution in [2.75, 3.05) is 7.11 Å². The Labute approximate surface area is 121 Å². The first-order valence-electron chi connectivity index (χ1n) is 6.08. The van der Waals surface area contributed by atoms with Crippen LogP contribution in [0.2, 0.25) is 0 Å². The highest BCUT2D eigenvalue weighted by Gasteiger charge is 2.11. The summed E-state index contributed by atoms with van der Waals surface area (Å²) in [5, 5.41) is 10.2. The van der Waals surface area contributed by atoms with Gasteiger partial charge < -0.3 is 9.84 Å². The van der Waals surface area contributed by atoms with E-state index in [-0.39, 0.29) is 0 Å². The minimum Gasteiger partial charge on any atom is -0.496 e. The molecule has 3 nitrogen and oxygen atoms in total. The van der Waals surface area contributed by atoms with Crippen LogP contribution in [0.5, 0.6) is 5.75 Å². The van der Waals surface area contributed by atoms with Crippen LogP contribution >= 0.6 is 15.9 Å². The molecule has 0 fully saturated rings. The van der Waals surface area contributed by atoms with Crippen LogP contribution in [0.15, 0.2) is 47.2 Å². The molecule has 1 unspecified atom stereocenters. The van der Waals surface area contributed by atoms with Gasteiger partial charge in [0, 0.05) is 23.3 Å². The van der Waals surface area contributed by atoms with Gasteiger partial charge in [0.2, 0.25) is 0 Å². The number of aliphatic hydroxyl groups is 1. The third-order valence-electron chi connectivity index (χ3n) is 2.92. The highest BCUT2D eigenvalue weighted by Crippen LogP contribution is 2.24. The van der Waals surface area contributed by atoms with Gasteiger partial charge in [-0.3, -0.25) is 4.98 Å². The lowest BCUT2D eigenvalue weighted by atomic mass is 10.0. The summed E-state index contributed by atoms with van der Waals surface area (Å²) in [5.74, 6) is 0.803. The summed E-state index contributed by atoms with van der Waals surface area (Å²) < 4.78 is 6.30. The molecule has 19 heavy (non-hydrogen) atoms. The van der Waals surface area contributed by atoms with Crippen molar-refractivity contribution in [3.63, 3.8) is 0 Å². The molecule has 100 valence electrons. The highest BCUT2D eigenvalue weighted by atomic mass is 79.9. The van der Waals surface area contributed by atoms with E-state index in [0.29, 0.717) is 12.8 Å². The maximum absolute atomic E-state index is 10.2. The third kappa shape index (κ3) is 4.04. The van der Waals surface area contributed by atoms with Crippen molar-refractivity contribution in [1.82, 2.24) is 4.98 Å². The predicted octanol–water partition coefficient (Wildman–Crippen LogP) is 3.00. The van der Waals surface area contributed by atoms with E-state index in [4.69, 9.17) is 4.74 Å². The molecule has 0 bridgehead atoms. The fraction of sp³-hybridized carbons (Fsp3) is 0.267. The average Bonchev–Trinajstić information content (AvgIpc) is 2.40. The molecule has 0 spiro atoms. The zero-order chi connectivity index (χ0) is 13.7. The van der Waals surface area contributed by atoms with Crippen LogP contribution < -0.4 is 4.74 Å². The normalized spacial score (nSPS) is 12.2. The SMILES string of the molecule is COc1ccc(Br)cc1CC(O)Cc1ccncc1. The van der Waals surface area contributed by atoms with Crippen molar-refractivity contribution in [2.24, 2.45) is 0 Å². The zero-order valence-corrected chi connectivity index (χ0v) is 12.3. The fourth-order valence-electron chi connectivity index (χ4n) is 2.02. The molecular weight excluding hydrogens is 306 g/mol. The van der Waals surface area contributed by atoms with Crippen molar-refractivity contribution in [3.8, 4) is 5.75 Å². The average molecular weight is 322 g/mol. The molecule has 0 radical (unpaired) electrons. The lowest BCUT2D eigenvalue weighted by Crippen LogP contribution is -2.14. The van der Waals surface area contributed by atoms with Gasteiger partial charge in [0.1, 0.15) is 5.75 Å². The summed E-state index contributed by atoms with van der Waals surface area (Å²) in [4.78, 5) is 3.97. The summed E-state index contributed by atoms with van der Waals surface area (Å²) in [5.41, 5.74) is 2.08. The van der Waals surface area contributed by atoms with Crippen molar-refractivity contribution >= 4 is 15.9 Å². The van der Waals surface area contributed by atoms with E-state index in [2.05, 4.69) is 20.9 Å². The minimum atomic E-state index is -0.439. The standard InChI is InChI=1S/C15H16BrNO2/c1-19-15-3-2-13(16)9-12(15)10-14(18)8-11-4-6-17-7-5-11/h2-7,9,14,18H,8,10H2,1H3. The monoisotopic (exact) mass is 321 g/mol. The Balaban J connectivity index is 2.06. The zero-order valence-electron chi connectivity index (χ0n) is 10.7. The van der Waals surface area contributed by atoms with Crippen LogP contribution in [0.3, 0.4) is 0 Å². The van der Waals surface area contributed by atoms with Crippen molar-refractivity contribution in [1.29, 1.82) is 0 Å². The first-order chi connectivity index (χ1) is 9.19. The number of halogens is 1. The lowest BCUT2D eigenvalue weighted by molar-refractivity contribution is 0.174. The first-order valence-corrected chi connectivity index (χ1v) is 6.87. The van der Waals surface area contributed by atoms with Crippen LogP contribution in [-0.2, 0) is 12.8 Å². The number of pyridine rings is 1. The van der Waals surface area contributed by atoms with Gasteiger partial charge in [-0.1, -0.05) is 15.9 Å². The van der Waals surface area contributed by atoms with Crippen molar-refractivity contribution in [3.05, 3.63) is 58.3 Å². The van der Waals surface area contributed by atoms with Gasteiger partial charge in [0.25, 0.3) is 0 Å². The molecule has 1 N–H and O–H groups in total. The molecular formula is C15H16BrNO2. The molecule has 0 aliphatic heterocycles. The lowest BCUT2D eigenvalue weighted by Gasteiger charge is -2.14. The minimum absolute atomic E-state index is 0.439. The molecule has 1 aromatic carbocycles. The summed E-state index contributed by atoms with van der Waals surface area (Å²) in [6.45, 7) is 0. The predicted molar refractivity (Wildman–Crippen MR) is 78.3 cm³/mol. The van der Waals surface area contributed by atoms with Gasteiger partial charge in [-0.25, -0.2) is 0 Å². The van der Waals surface area contributed by atoms with E-state index in [1.165, 1.54) is 0 Å². The van der Waals surface area contributed by atoms with Gasteiger partial charge in [0.05, 0.1) is 13.2 Å². The summed E-state index contributed by atoms with van der Waals surface area (Å²) in [6, 6.07) is 9.65. The van der Waals surface area contributed by atoms with Gasteiger partial charge in [-0.05, 0) is 47.9 Å². The van der Waals surface area contributed by atoms with Gasteiger partial charge in [-0.2, -0.15) is 0 Å². The van der Waals surface area contributed by atoms with E-state index in [1.807, 2.05) is 30.3 Å². The van der Waals surface area contributed by atoms with E-state index in [9.17, 15) is 5.11 Å². The number of rotatable bonds is 5. The van der Waals surface area contributed by atoms with E-state index in [1.54, 1.807) is 19.5 Å². The molecule has 0 amide bonds. The van der Waals surface area contributed by atoms with Gasteiger partial charge in [0.15, 0.2) is 0 Å². The molecule has 4 heteroatoms.